The Balaban J connectivity index is 1.26. The molecule has 7 nitrogen and oxygen atoms in total. The molecule has 3 aromatic rings. The highest BCUT2D eigenvalue weighted by Gasteiger charge is 2.41. The van der Waals surface area contributed by atoms with Crippen LogP contribution in [0.5, 0.6) is 5.75 Å². The minimum absolute atomic E-state index is 0.0347. The van der Waals surface area contributed by atoms with Crippen molar-refractivity contribution in [2.45, 2.75) is 50.3 Å². The number of amides is 2. The van der Waals surface area contributed by atoms with Crippen LogP contribution in [0.1, 0.15) is 30.7 Å². The van der Waals surface area contributed by atoms with Crippen LogP contribution in [-0.2, 0) is 16.0 Å². The van der Waals surface area contributed by atoms with Gasteiger partial charge in [0.15, 0.2) is 0 Å². The number of aromatic nitrogens is 2. The molecule has 1 saturated carbocycles. The summed E-state index contributed by atoms with van der Waals surface area (Å²) >= 11 is 1.62. The number of pyridine rings is 1. The molecular formula is C23H24N4O3S. The predicted molar refractivity (Wildman–Crippen MR) is 118 cm³/mol. The first-order valence-electron chi connectivity index (χ1n) is 10.7. The maximum Gasteiger partial charge on any atom is 0.243 e. The number of fused-ring (bicyclic) bond motifs is 1. The molecule has 1 N–H and O–H groups in total. The molecule has 0 unspecified atom stereocenters. The molecule has 31 heavy (non-hydrogen) atoms. The van der Waals surface area contributed by atoms with E-state index in [1.54, 1.807) is 28.6 Å². The molecule has 2 atom stereocenters. The number of benzene rings is 1. The van der Waals surface area contributed by atoms with Crippen LogP contribution < -0.4 is 10.1 Å². The maximum absolute atomic E-state index is 13.1. The van der Waals surface area contributed by atoms with Crippen molar-refractivity contribution in [3.05, 3.63) is 53.8 Å². The van der Waals surface area contributed by atoms with Crippen LogP contribution in [-0.4, -0.2) is 51.4 Å². The van der Waals surface area contributed by atoms with Gasteiger partial charge in [0.25, 0.3) is 0 Å². The van der Waals surface area contributed by atoms with Crippen LogP contribution >= 0.6 is 11.3 Å². The van der Waals surface area contributed by atoms with Crippen molar-refractivity contribution >= 4 is 33.4 Å². The molecule has 0 bridgehead atoms. The van der Waals surface area contributed by atoms with E-state index in [9.17, 15) is 9.59 Å². The monoisotopic (exact) mass is 436 g/mol. The molecule has 5 rings (SSSR count). The molecule has 160 valence electrons. The second kappa shape index (κ2) is 8.63. The van der Waals surface area contributed by atoms with Crippen molar-refractivity contribution in [3.8, 4) is 5.75 Å². The lowest BCUT2D eigenvalue weighted by Crippen LogP contribution is -2.46. The number of rotatable bonds is 7. The zero-order valence-corrected chi connectivity index (χ0v) is 17.9. The average molecular weight is 437 g/mol. The van der Waals surface area contributed by atoms with Crippen molar-refractivity contribution in [1.82, 2.24) is 20.2 Å². The second-order valence-electron chi connectivity index (χ2n) is 8.08. The van der Waals surface area contributed by atoms with E-state index < -0.39 is 6.04 Å². The Bertz CT molecular complexity index is 1050. The molecule has 1 aromatic carbocycles. The highest BCUT2D eigenvalue weighted by atomic mass is 32.1. The molecule has 2 aliphatic rings. The van der Waals surface area contributed by atoms with Crippen LogP contribution in [0, 0.1) is 0 Å². The zero-order chi connectivity index (χ0) is 21.2. The Kier molecular flexibility index (Phi) is 5.55. The van der Waals surface area contributed by atoms with E-state index in [0.717, 1.165) is 28.1 Å². The van der Waals surface area contributed by atoms with E-state index in [4.69, 9.17) is 4.74 Å². The van der Waals surface area contributed by atoms with E-state index in [1.807, 2.05) is 36.4 Å². The summed E-state index contributed by atoms with van der Waals surface area (Å²) in [5.41, 5.74) is 0.961. The normalized spacial score (nSPS) is 20.7. The molecule has 1 aliphatic carbocycles. The van der Waals surface area contributed by atoms with Crippen molar-refractivity contribution in [3.63, 3.8) is 0 Å². The van der Waals surface area contributed by atoms with Gasteiger partial charge in [-0.15, -0.1) is 11.3 Å². The highest BCUT2D eigenvalue weighted by Crippen LogP contribution is 2.27. The second-order valence-corrected chi connectivity index (χ2v) is 9.20. The van der Waals surface area contributed by atoms with Crippen molar-refractivity contribution in [2.24, 2.45) is 0 Å². The largest absolute Gasteiger partial charge is 0.487 e. The summed E-state index contributed by atoms with van der Waals surface area (Å²) in [5, 5.41) is 3.99. The molecule has 2 aromatic heterocycles. The first-order chi connectivity index (χ1) is 15.2. The average Bonchev–Trinajstić information content (AvgIpc) is 3.34. The number of ether oxygens (including phenoxy) is 1. The standard InChI is InChI=1S/C23H24N4O3S/c28-22(10-9-21-26-18-5-1-2-6-20(18)31-21)27-14-17(30-16-4-3-11-24-13-16)12-19(27)23(29)25-15-7-8-15/h1-6,11,13,15,17,19H,7-10,12,14H2,(H,25,29)/t17-,19-/m0/s1. The summed E-state index contributed by atoms with van der Waals surface area (Å²) in [5.74, 6) is 0.540. The highest BCUT2D eigenvalue weighted by molar-refractivity contribution is 7.18. The van der Waals surface area contributed by atoms with E-state index in [2.05, 4.69) is 15.3 Å². The van der Waals surface area contributed by atoms with Crippen LogP contribution in [0.15, 0.2) is 48.8 Å². The van der Waals surface area contributed by atoms with E-state index in [1.165, 1.54) is 0 Å². The van der Waals surface area contributed by atoms with E-state index in [-0.39, 0.29) is 24.0 Å². The van der Waals surface area contributed by atoms with Gasteiger partial charge >= 0.3 is 0 Å². The Morgan fingerprint density at radius 2 is 2.06 bits per heavy atom. The SMILES string of the molecule is O=C(NC1CC1)[C@@H]1C[C@H](Oc2cccnc2)CN1C(=O)CCc1nc2ccccc2s1. The van der Waals surface area contributed by atoms with Gasteiger partial charge < -0.3 is 15.0 Å². The van der Waals surface area contributed by atoms with Gasteiger partial charge in [0.1, 0.15) is 17.9 Å². The molecule has 2 amide bonds. The Morgan fingerprint density at radius 1 is 1.19 bits per heavy atom. The minimum Gasteiger partial charge on any atom is -0.487 e. The molecule has 1 saturated heterocycles. The van der Waals surface area contributed by atoms with Gasteiger partial charge in [-0.1, -0.05) is 12.1 Å². The first-order valence-corrected chi connectivity index (χ1v) is 11.5. The quantitative estimate of drug-likeness (QED) is 0.616. The summed E-state index contributed by atoms with van der Waals surface area (Å²) in [6.45, 7) is 0.399. The maximum atomic E-state index is 13.1. The Morgan fingerprint density at radius 3 is 2.84 bits per heavy atom. The number of para-hydroxylation sites is 1. The van der Waals surface area contributed by atoms with Crippen molar-refractivity contribution < 1.29 is 14.3 Å². The lowest BCUT2D eigenvalue weighted by Gasteiger charge is -2.23. The number of nitrogens with zero attached hydrogens (tertiary/aromatic N) is 3. The Labute approximate surface area is 184 Å². The fourth-order valence-corrected chi connectivity index (χ4v) is 4.89. The first kappa shape index (κ1) is 19.9. The molecule has 0 radical (unpaired) electrons. The fraction of sp³-hybridized carbons (Fsp3) is 0.391. The third-order valence-electron chi connectivity index (χ3n) is 5.64. The van der Waals surface area contributed by atoms with Crippen LogP contribution in [0.3, 0.4) is 0 Å². The van der Waals surface area contributed by atoms with Crippen molar-refractivity contribution in [1.29, 1.82) is 0 Å². The molecule has 1 aliphatic heterocycles. The molecular weight excluding hydrogens is 412 g/mol. The summed E-state index contributed by atoms with van der Waals surface area (Å²) in [7, 11) is 0. The van der Waals surface area contributed by atoms with Crippen LogP contribution in [0.2, 0.25) is 0 Å². The third-order valence-corrected chi connectivity index (χ3v) is 6.73. The molecule has 2 fully saturated rings. The number of thiazole rings is 1. The topological polar surface area (TPSA) is 84.4 Å². The number of hydrogen-bond donors (Lipinski definition) is 1. The van der Waals surface area contributed by atoms with Crippen molar-refractivity contribution in [2.75, 3.05) is 6.54 Å². The predicted octanol–water partition coefficient (Wildman–Crippen LogP) is 2.95. The summed E-state index contributed by atoms with van der Waals surface area (Å²) in [6, 6.07) is 11.4. The van der Waals surface area contributed by atoms with Gasteiger partial charge in [0.05, 0.1) is 28.0 Å². The zero-order valence-electron chi connectivity index (χ0n) is 17.1. The Hall–Kier alpha value is -3.00. The van der Waals surface area contributed by atoms with Gasteiger partial charge in [-0.05, 0) is 37.1 Å². The molecule has 8 heteroatoms. The fourth-order valence-electron chi connectivity index (χ4n) is 3.93. The number of aryl methyl sites for hydroxylation is 1. The summed E-state index contributed by atoms with van der Waals surface area (Å²) in [6.07, 6.45) is 6.51. The lowest BCUT2D eigenvalue weighted by atomic mass is 10.1. The van der Waals surface area contributed by atoms with Gasteiger partial charge in [-0.2, -0.15) is 0 Å². The number of carbonyl (C=O) groups is 2. The summed E-state index contributed by atoms with van der Waals surface area (Å²) < 4.78 is 7.14. The van der Waals surface area contributed by atoms with Gasteiger partial charge in [0.2, 0.25) is 11.8 Å². The summed E-state index contributed by atoms with van der Waals surface area (Å²) in [4.78, 5) is 36.3. The third kappa shape index (κ3) is 4.69. The van der Waals surface area contributed by atoms with Crippen LogP contribution in [0.25, 0.3) is 10.2 Å². The van der Waals surface area contributed by atoms with E-state index in [0.29, 0.717) is 31.6 Å². The molecule has 0 spiro atoms. The van der Waals surface area contributed by atoms with E-state index >= 15 is 0 Å². The number of hydrogen-bond acceptors (Lipinski definition) is 6. The number of nitrogens with one attached hydrogen (secondary N) is 1. The van der Waals surface area contributed by atoms with Gasteiger partial charge in [-0.3, -0.25) is 14.6 Å². The smallest absolute Gasteiger partial charge is 0.243 e. The van der Waals surface area contributed by atoms with Gasteiger partial charge in [0, 0.05) is 31.5 Å². The molecule has 3 heterocycles. The number of carbonyl (C=O) groups excluding carboxylic acids is 2. The van der Waals surface area contributed by atoms with Crippen LogP contribution in [0.4, 0.5) is 0 Å². The number of likely N-dealkylation sites (tertiary alicyclic amines) is 1. The van der Waals surface area contributed by atoms with Gasteiger partial charge in [-0.25, -0.2) is 4.98 Å². The minimum atomic E-state index is -0.495. The lowest BCUT2D eigenvalue weighted by molar-refractivity contribution is -0.138.